The predicted molar refractivity (Wildman–Crippen MR) is 153 cm³/mol. The highest BCUT2D eigenvalue weighted by Gasteiger charge is 2.24. The Bertz CT molecular complexity index is 1260. The first kappa shape index (κ1) is 27.4. The Morgan fingerprint density at radius 2 is 1.58 bits per heavy atom. The molecule has 1 fully saturated rings. The summed E-state index contributed by atoms with van der Waals surface area (Å²) in [7, 11) is 0. The fourth-order valence-corrected chi connectivity index (χ4v) is 4.40. The average molecular weight is 535 g/mol. The summed E-state index contributed by atoms with van der Waals surface area (Å²) >= 11 is 6.08. The predicted octanol–water partition coefficient (Wildman–Crippen LogP) is 4.60. The van der Waals surface area contributed by atoms with Gasteiger partial charge < -0.3 is 20.4 Å². The van der Waals surface area contributed by atoms with E-state index in [0.717, 1.165) is 11.4 Å². The van der Waals surface area contributed by atoms with Crippen LogP contribution in [0.4, 0.5) is 11.6 Å². The number of piperazine rings is 1. The van der Waals surface area contributed by atoms with Crippen molar-refractivity contribution in [1.29, 1.82) is 0 Å². The van der Waals surface area contributed by atoms with Crippen LogP contribution in [0, 0.1) is 0 Å². The van der Waals surface area contributed by atoms with Gasteiger partial charge in [-0.15, -0.1) is 0 Å². The van der Waals surface area contributed by atoms with Crippen LogP contribution in [0.25, 0.3) is 11.4 Å². The number of nitrogens with zero attached hydrogens (tertiary/aromatic N) is 4. The molecule has 0 spiro atoms. The number of nitrogens with one attached hydrogen (secondary N) is 2. The summed E-state index contributed by atoms with van der Waals surface area (Å²) in [6.07, 6.45) is 0. The molecule has 0 unspecified atom stereocenters. The monoisotopic (exact) mass is 534 g/mol. The Balaban J connectivity index is 1.47. The summed E-state index contributed by atoms with van der Waals surface area (Å²) in [4.78, 5) is 37.9. The second-order valence-corrected chi connectivity index (χ2v) is 10.9. The van der Waals surface area contributed by atoms with Crippen LogP contribution in [-0.2, 0) is 10.2 Å². The second-order valence-electron chi connectivity index (χ2n) is 10.5. The van der Waals surface area contributed by atoms with Gasteiger partial charge in [-0.05, 0) is 47.4 Å². The van der Waals surface area contributed by atoms with Gasteiger partial charge in [-0.1, -0.05) is 44.5 Å². The summed E-state index contributed by atoms with van der Waals surface area (Å²) < 4.78 is 0. The minimum Gasteiger partial charge on any atom is -0.368 e. The molecule has 0 saturated carbocycles. The number of aromatic nitrogens is 2. The molecule has 2 heterocycles. The molecule has 38 heavy (non-hydrogen) atoms. The molecule has 1 saturated heterocycles. The molecule has 200 valence electrons. The quantitative estimate of drug-likeness (QED) is 0.430. The molecule has 2 aromatic carbocycles. The van der Waals surface area contributed by atoms with E-state index in [0.29, 0.717) is 61.5 Å². The minimum absolute atomic E-state index is 0.0489. The number of benzene rings is 2. The summed E-state index contributed by atoms with van der Waals surface area (Å²) in [5.74, 6) is 2.01. The van der Waals surface area contributed by atoms with Gasteiger partial charge in [-0.2, -0.15) is 0 Å². The molecular weight excluding hydrogens is 500 g/mol. The van der Waals surface area contributed by atoms with Gasteiger partial charge in [0.25, 0.3) is 5.91 Å². The van der Waals surface area contributed by atoms with Gasteiger partial charge >= 0.3 is 0 Å². The smallest absolute Gasteiger partial charge is 0.253 e. The normalized spacial score (nSPS) is 13.8. The van der Waals surface area contributed by atoms with Gasteiger partial charge in [-0.3, -0.25) is 9.59 Å². The van der Waals surface area contributed by atoms with Gasteiger partial charge in [0.1, 0.15) is 11.6 Å². The standard InChI is InChI=1S/C29H35ClN6O2/c1-20(37)31-13-14-32-25-19-26(34-27(33-25)21-7-11-24(30)12-8-21)35-15-17-36(18-16-35)28(38)22-5-9-23(10-6-22)29(2,3)4/h5-12,19H,13-18H2,1-4H3,(H,31,37)(H,32,33,34). The van der Waals surface area contributed by atoms with E-state index in [1.807, 2.05) is 59.5 Å². The molecule has 2 N–H and O–H groups in total. The zero-order chi connectivity index (χ0) is 27.3. The summed E-state index contributed by atoms with van der Waals surface area (Å²) in [5, 5.41) is 6.71. The highest BCUT2D eigenvalue weighted by atomic mass is 35.5. The highest BCUT2D eigenvalue weighted by Crippen LogP contribution is 2.26. The van der Waals surface area contributed by atoms with Crippen molar-refractivity contribution in [3.05, 3.63) is 70.7 Å². The van der Waals surface area contributed by atoms with Crippen molar-refractivity contribution in [3.8, 4) is 11.4 Å². The van der Waals surface area contributed by atoms with Crippen LogP contribution in [-0.4, -0.2) is 66.0 Å². The lowest BCUT2D eigenvalue weighted by molar-refractivity contribution is -0.118. The number of amides is 2. The van der Waals surface area contributed by atoms with Crippen molar-refractivity contribution in [2.75, 3.05) is 49.5 Å². The molecule has 2 amide bonds. The number of carbonyl (C=O) groups is 2. The molecule has 0 bridgehead atoms. The van der Waals surface area contributed by atoms with Gasteiger partial charge in [-0.25, -0.2) is 9.97 Å². The Morgan fingerprint density at radius 3 is 2.18 bits per heavy atom. The van der Waals surface area contributed by atoms with Crippen LogP contribution in [0.15, 0.2) is 54.6 Å². The second kappa shape index (κ2) is 11.8. The van der Waals surface area contributed by atoms with E-state index in [-0.39, 0.29) is 17.2 Å². The number of carbonyl (C=O) groups excluding carboxylic acids is 2. The van der Waals surface area contributed by atoms with E-state index in [9.17, 15) is 9.59 Å². The van der Waals surface area contributed by atoms with Crippen molar-refractivity contribution >= 4 is 35.1 Å². The molecule has 8 nitrogen and oxygen atoms in total. The Labute approximate surface area is 229 Å². The molecule has 0 atom stereocenters. The lowest BCUT2D eigenvalue weighted by Gasteiger charge is -2.35. The molecule has 4 rings (SSSR count). The van der Waals surface area contributed by atoms with E-state index < -0.39 is 0 Å². The molecular formula is C29H35ClN6O2. The van der Waals surface area contributed by atoms with Crippen LogP contribution in [0.3, 0.4) is 0 Å². The zero-order valence-electron chi connectivity index (χ0n) is 22.4. The topological polar surface area (TPSA) is 90.5 Å². The maximum Gasteiger partial charge on any atom is 0.253 e. The Morgan fingerprint density at radius 1 is 0.921 bits per heavy atom. The van der Waals surface area contributed by atoms with Gasteiger partial charge in [0.05, 0.1) is 0 Å². The van der Waals surface area contributed by atoms with Crippen LogP contribution >= 0.6 is 11.6 Å². The lowest BCUT2D eigenvalue weighted by atomic mass is 9.86. The van der Waals surface area contributed by atoms with E-state index in [1.165, 1.54) is 12.5 Å². The van der Waals surface area contributed by atoms with Crippen LogP contribution < -0.4 is 15.5 Å². The number of rotatable bonds is 7. The van der Waals surface area contributed by atoms with Crippen LogP contribution in [0.2, 0.25) is 5.02 Å². The van der Waals surface area contributed by atoms with E-state index >= 15 is 0 Å². The van der Waals surface area contributed by atoms with Crippen molar-refractivity contribution in [1.82, 2.24) is 20.2 Å². The van der Waals surface area contributed by atoms with Gasteiger partial charge in [0.2, 0.25) is 5.91 Å². The molecule has 1 aromatic heterocycles. The van der Waals surface area contributed by atoms with Gasteiger partial charge in [0, 0.05) is 68.4 Å². The SMILES string of the molecule is CC(=O)NCCNc1cc(N2CCN(C(=O)c3ccc(C(C)(C)C)cc3)CC2)nc(-c2ccc(Cl)cc2)n1. The van der Waals surface area contributed by atoms with Crippen LogP contribution in [0.5, 0.6) is 0 Å². The van der Waals surface area contributed by atoms with E-state index in [2.05, 4.69) is 41.3 Å². The minimum atomic E-state index is -0.0745. The largest absolute Gasteiger partial charge is 0.368 e. The third-order valence-electron chi connectivity index (χ3n) is 6.51. The third-order valence-corrected chi connectivity index (χ3v) is 6.76. The zero-order valence-corrected chi connectivity index (χ0v) is 23.2. The highest BCUT2D eigenvalue weighted by molar-refractivity contribution is 6.30. The van der Waals surface area contributed by atoms with Crippen molar-refractivity contribution in [2.45, 2.75) is 33.1 Å². The Kier molecular flexibility index (Phi) is 8.52. The third kappa shape index (κ3) is 7.01. The first-order valence-electron chi connectivity index (χ1n) is 12.9. The lowest BCUT2D eigenvalue weighted by Crippen LogP contribution is -2.49. The number of halogens is 1. The number of hydrogen-bond donors (Lipinski definition) is 2. The van der Waals surface area contributed by atoms with E-state index in [1.54, 1.807) is 0 Å². The Hall–Kier alpha value is -3.65. The van der Waals surface area contributed by atoms with E-state index in [4.69, 9.17) is 16.6 Å². The maximum absolute atomic E-state index is 13.2. The fraction of sp³-hybridized carbons (Fsp3) is 0.379. The average Bonchev–Trinajstić information content (AvgIpc) is 2.90. The van der Waals surface area contributed by atoms with Crippen LogP contribution in [0.1, 0.15) is 43.6 Å². The molecule has 9 heteroatoms. The van der Waals surface area contributed by atoms with Crippen molar-refractivity contribution in [2.24, 2.45) is 0 Å². The van der Waals surface area contributed by atoms with Crippen molar-refractivity contribution in [3.63, 3.8) is 0 Å². The first-order valence-corrected chi connectivity index (χ1v) is 13.3. The van der Waals surface area contributed by atoms with Crippen molar-refractivity contribution < 1.29 is 9.59 Å². The maximum atomic E-state index is 13.2. The molecule has 0 aliphatic carbocycles. The first-order chi connectivity index (χ1) is 18.1. The molecule has 0 radical (unpaired) electrons. The fourth-order valence-electron chi connectivity index (χ4n) is 4.28. The molecule has 1 aliphatic heterocycles. The van der Waals surface area contributed by atoms with Gasteiger partial charge in [0.15, 0.2) is 5.82 Å². The summed E-state index contributed by atoms with van der Waals surface area (Å²) in [6, 6.07) is 17.3. The number of anilines is 2. The number of hydrogen-bond acceptors (Lipinski definition) is 6. The summed E-state index contributed by atoms with van der Waals surface area (Å²) in [6.45, 7) is 11.5. The summed E-state index contributed by atoms with van der Waals surface area (Å²) in [5.41, 5.74) is 2.83. The molecule has 1 aliphatic rings. The molecule has 3 aromatic rings.